The highest BCUT2D eigenvalue weighted by Crippen LogP contribution is 2.17. The summed E-state index contributed by atoms with van der Waals surface area (Å²) in [6.07, 6.45) is 1.50. The average molecular weight is 437 g/mol. The van der Waals surface area contributed by atoms with Crippen LogP contribution in [-0.4, -0.2) is 20.9 Å². The van der Waals surface area contributed by atoms with E-state index < -0.39 is 10.0 Å². The van der Waals surface area contributed by atoms with Crippen molar-refractivity contribution in [2.75, 3.05) is 11.9 Å². The Morgan fingerprint density at radius 3 is 2.23 bits per heavy atom. The van der Waals surface area contributed by atoms with E-state index in [0.29, 0.717) is 25.8 Å². The van der Waals surface area contributed by atoms with E-state index in [2.05, 4.69) is 10.0 Å². The molecule has 0 unspecified atom stereocenters. The molecule has 0 heterocycles. The fourth-order valence-electron chi connectivity index (χ4n) is 3.23. The third-order valence-corrected chi connectivity index (χ3v) is 6.57. The van der Waals surface area contributed by atoms with Gasteiger partial charge in [0.05, 0.1) is 4.90 Å². The minimum absolute atomic E-state index is 0.0621. The average Bonchev–Trinajstić information content (AvgIpc) is 2.76. The van der Waals surface area contributed by atoms with Gasteiger partial charge in [0.1, 0.15) is 0 Å². The van der Waals surface area contributed by atoms with E-state index in [1.54, 1.807) is 24.3 Å². The Hall–Kier alpha value is -2.96. The van der Waals surface area contributed by atoms with Gasteiger partial charge in [0, 0.05) is 18.7 Å². The van der Waals surface area contributed by atoms with Gasteiger partial charge in [-0.3, -0.25) is 4.79 Å². The maximum atomic E-state index is 12.5. The second-order valence-corrected chi connectivity index (χ2v) is 9.41. The molecule has 162 valence electrons. The minimum Gasteiger partial charge on any atom is -0.326 e. The van der Waals surface area contributed by atoms with Crippen LogP contribution in [-0.2, 0) is 27.7 Å². The molecular formula is C25H28N2O3S. The van der Waals surface area contributed by atoms with E-state index in [1.165, 1.54) is 0 Å². The third-order valence-electron chi connectivity index (χ3n) is 5.09. The zero-order valence-electron chi connectivity index (χ0n) is 17.9. The van der Waals surface area contributed by atoms with Crippen LogP contribution in [0.5, 0.6) is 0 Å². The lowest BCUT2D eigenvalue weighted by Crippen LogP contribution is -2.26. The first-order valence-electron chi connectivity index (χ1n) is 10.3. The van der Waals surface area contributed by atoms with E-state index in [1.807, 2.05) is 62.4 Å². The molecule has 0 radical (unpaired) electrons. The predicted molar refractivity (Wildman–Crippen MR) is 125 cm³/mol. The first-order valence-corrected chi connectivity index (χ1v) is 11.8. The van der Waals surface area contributed by atoms with Gasteiger partial charge in [-0.15, -0.1) is 0 Å². The molecule has 0 aliphatic rings. The molecule has 0 aliphatic carbocycles. The van der Waals surface area contributed by atoms with Gasteiger partial charge < -0.3 is 5.32 Å². The molecule has 0 spiro atoms. The summed E-state index contributed by atoms with van der Waals surface area (Å²) in [5.41, 5.74) is 4.94. The summed E-state index contributed by atoms with van der Waals surface area (Å²) in [7, 11) is -3.56. The summed E-state index contributed by atoms with van der Waals surface area (Å²) in [6, 6.07) is 22.4. The number of aryl methyl sites for hydroxylation is 3. The van der Waals surface area contributed by atoms with E-state index in [4.69, 9.17) is 0 Å². The summed E-state index contributed by atoms with van der Waals surface area (Å²) in [4.78, 5) is 12.5. The Labute approximate surface area is 184 Å². The number of amides is 1. The van der Waals surface area contributed by atoms with Crippen molar-refractivity contribution in [2.24, 2.45) is 0 Å². The molecule has 0 aromatic heterocycles. The second-order valence-electron chi connectivity index (χ2n) is 7.64. The van der Waals surface area contributed by atoms with Crippen LogP contribution in [0.25, 0.3) is 0 Å². The highest BCUT2D eigenvalue weighted by Gasteiger charge is 2.13. The van der Waals surface area contributed by atoms with Crippen LogP contribution in [0.3, 0.4) is 0 Å². The number of rotatable bonds is 9. The molecule has 3 aromatic rings. The lowest BCUT2D eigenvalue weighted by Gasteiger charge is -2.10. The summed E-state index contributed by atoms with van der Waals surface area (Å²) in [5.74, 6) is -0.0621. The first kappa shape index (κ1) is 22.7. The maximum absolute atomic E-state index is 12.5. The smallest absolute Gasteiger partial charge is 0.240 e. The Bertz CT molecular complexity index is 1130. The zero-order chi connectivity index (χ0) is 22.3. The number of carbonyl (C=O) groups excluding carboxylic acids is 1. The van der Waals surface area contributed by atoms with Crippen LogP contribution < -0.4 is 10.0 Å². The standard InChI is InChI=1S/C25H28N2O3S/c1-19-8-9-20(2)24(18-19)27-25(28)15-12-22-10-13-23(14-11-22)31(29,30)26-17-16-21-6-4-3-5-7-21/h3-11,13-14,18,26H,12,15-17H2,1-2H3,(H,27,28). The highest BCUT2D eigenvalue weighted by atomic mass is 32.2. The number of carbonyl (C=O) groups is 1. The normalized spacial score (nSPS) is 11.3. The van der Waals surface area contributed by atoms with Gasteiger partial charge in [0.25, 0.3) is 0 Å². The van der Waals surface area contributed by atoms with E-state index >= 15 is 0 Å². The van der Waals surface area contributed by atoms with Gasteiger partial charge >= 0.3 is 0 Å². The molecule has 3 rings (SSSR count). The maximum Gasteiger partial charge on any atom is 0.240 e. The first-order chi connectivity index (χ1) is 14.8. The topological polar surface area (TPSA) is 75.3 Å². The van der Waals surface area contributed by atoms with Crippen LogP contribution in [0.1, 0.15) is 28.7 Å². The van der Waals surface area contributed by atoms with Gasteiger partial charge in [-0.2, -0.15) is 0 Å². The quantitative estimate of drug-likeness (QED) is 0.522. The van der Waals surface area contributed by atoms with E-state index in [9.17, 15) is 13.2 Å². The summed E-state index contributed by atoms with van der Waals surface area (Å²) in [5, 5.41) is 2.95. The Balaban J connectivity index is 1.50. The molecule has 0 atom stereocenters. The molecule has 0 fully saturated rings. The van der Waals surface area contributed by atoms with Gasteiger partial charge in [-0.05, 0) is 67.1 Å². The lowest BCUT2D eigenvalue weighted by molar-refractivity contribution is -0.116. The number of sulfonamides is 1. The monoisotopic (exact) mass is 436 g/mol. The number of hydrogen-bond donors (Lipinski definition) is 2. The molecule has 0 saturated carbocycles. The molecule has 5 nitrogen and oxygen atoms in total. The van der Waals surface area contributed by atoms with Crippen molar-refractivity contribution < 1.29 is 13.2 Å². The van der Waals surface area contributed by atoms with Crippen LogP contribution in [0, 0.1) is 13.8 Å². The molecule has 0 saturated heterocycles. The van der Waals surface area contributed by atoms with Crippen molar-refractivity contribution in [1.29, 1.82) is 0 Å². The van der Waals surface area contributed by atoms with Gasteiger partial charge in [0.2, 0.25) is 15.9 Å². The second kappa shape index (κ2) is 10.4. The Kier molecular flexibility index (Phi) is 7.60. The third kappa shape index (κ3) is 6.77. The molecule has 1 amide bonds. The van der Waals surface area contributed by atoms with Gasteiger partial charge in [-0.1, -0.05) is 54.6 Å². The van der Waals surface area contributed by atoms with Crippen molar-refractivity contribution in [2.45, 2.75) is 38.0 Å². The Morgan fingerprint density at radius 1 is 0.839 bits per heavy atom. The predicted octanol–water partition coefficient (Wildman–Crippen LogP) is 4.40. The molecular weight excluding hydrogens is 408 g/mol. The molecule has 2 N–H and O–H groups in total. The molecule has 0 aliphatic heterocycles. The van der Waals surface area contributed by atoms with Crippen LogP contribution in [0.2, 0.25) is 0 Å². The minimum atomic E-state index is -3.56. The summed E-state index contributed by atoms with van der Waals surface area (Å²) in [6.45, 7) is 4.29. The fraction of sp³-hybridized carbons (Fsp3) is 0.240. The SMILES string of the molecule is Cc1ccc(C)c(NC(=O)CCc2ccc(S(=O)(=O)NCCc3ccccc3)cc2)c1. The summed E-state index contributed by atoms with van der Waals surface area (Å²) < 4.78 is 27.6. The number of anilines is 1. The Morgan fingerprint density at radius 2 is 1.52 bits per heavy atom. The fourth-order valence-corrected chi connectivity index (χ4v) is 4.27. The largest absolute Gasteiger partial charge is 0.326 e. The number of benzene rings is 3. The number of nitrogens with one attached hydrogen (secondary N) is 2. The lowest BCUT2D eigenvalue weighted by atomic mass is 10.1. The van der Waals surface area contributed by atoms with Gasteiger partial charge in [-0.25, -0.2) is 13.1 Å². The molecule has 0 bridgehead atoms. The van der Waals surface area contributed by atoms with Crippen molar-refractivity contribution in [3.8, 4) is 0 Å². The highest BCUT2D eigenvalue weighted by molar-refractivity contribution is 7.89. The zero-order valence-corrected chi connectivity index (χ0v) is 18.7. The van der Waals surface area contributed by atoms with Crippen LogP contribution in [0.15, 0.2) is 77.7 Å². The van der Waals surface area contributed by atoms with Gasteiger partial charge in [0.15, 0.2) is 0 Å². The molecule has 31 heavy (non-hydrogen) atoms. The van der Waals surface area contributed by atoms with Crippen molar-refractivity contribution >= 4 is 21.6 Å². The number of hydrogen-bond acceptors (Lipinski definition) is 3. The summed E-state index contributed by atoms with van der Waals surface area (Å²) >= 11 is 0. The van der Waals surface area contributed by atoms with Crippen molar-refractivity contribution in [3.63, 3.8) is 0 Å². The van der Waals surface area contributed by atoms with Crippen molar-refractivity contribution in [1.82, 2.24) is 4.72 Å². The van der Waals surface area contributed by atoms with E-state index in [-0.39, 0.29) is 10.8 Å². The van der Waals surface area contributed by atoms with Crippen LogP contribution >= 0.6 is 0 Å². The van der Waals surface area contributed by atoms with E-state index in [0.717, 1.165) is 27.9 Å². The van der Waals surface area contributed by atoms with Crippen molar-refractivity contribution in [3.05, 3.63) is 95.1 Å². The van der Waals surface area contributed by atoms with Crippen LogP contribution in [0.4, 0.5) is 5.69 Å². The molecule has 6 heteroatoms. The molecule has 3 aromatic carbocycles.